The van der Waals surface area contributed by atoms with E-state index in [1.54, 1.807) is 13.8 Å². The Morgan fingerprint density at radius 1 is 1.27 bits per heavy atom. The Morgan fingerprint density at radius 3 is 2.00 bits per heavy atom. The summed E-state index contributed by atoms with van der Waals surface area (Å²) in [6, 6.07) is 0. The van der Waals surface area contributed by atoms with Crippen LogP contribution >= 0.6 is 0 Å². The van der Waals surface area contributed by atoms with Gasteiger partial charge in [-0.05, 0) is 26.3 Å². The molecule has 0 radical (unpaired) electrons. The van der Waals surface area contributed by atoms with E-state index in [0.29, 0.717) is 6.54 Å². The molecule has 3 nitrogen and oxygen atoms in total. The van der Waals surface area contributed by atoms with Crippen LogP contribution in [-0.2, 0) is 9.84 Å². The van der Waals surface area contributed by atoms with Crippen molar-refractivity contribution in [3.05, 3.63) is 0 Å². The van der Waals surface area contributed by atoms with Gasteiger partial charge in [0.15, 0.2) is 9.84 Å². The van der Waals surface area contributed by atoms with Gasteiger partial charge in [-0.2, -0.15) is 0 Å². The number of hydrogen-bond donors (Lipinski definition) is 1. The molecule has 1 atom stereocenters. The second-order valence-corrected chi connectivity index (χ2v) is 5.82. The smallest absolute Gasteiger partial charge is 0.152 e. The molecule has 0 amide bonds. The molecule has 1 unspecified atom stereocenters. The van der Waals surface area contributed by atoms with Crippen LogP contribution < -0.4 is 5.73 Å². The maximum atomic E-state index is 11.2. The van der Waals surface area contributed by atoms with Crippen LogP contribution in [0.2, 0.25) is 0 Å². The molecule has 0 heterocycles. The first-order chi connectivity index (χ1) is 4.90. The van der Waals surface area contributed by atoms with E-state index in [1.165, 1.54) is 0 Å². The van der Waals surface area contributed by atoms with E-state index in [4.69, 9.17) is 5.73 Å². The Balaban J connectivity index is 4.15. The summed E-state index contributed by atoms with van der Waals surface area (Å²) >= 11 is 0. The lowest BCUT2D eigenvalue weighted by Crippen LogP contribution is -2.26. The molecule has 0 saturated carbocycles. The van der Waals surface area contributed by atoms with Gasteiger partial charge in [-0.25, -0.2) is 8.42 Å². The first-order valence-electron chi connectivity index (χ1n) is 3.81. The molecule has 0 aromatic rings. The Labute approximate surface area is 68.9 Å². The Morgan fingerprint density at radius 2 is 1.73 bits per heavy atom. The zero-order valence-electron chi connectivity index (χ0n) is 7.37. The highest BCUT2D eigenvalue weighted by atomic mass is 32.2. The molecular weight excluding hydrogens is 162 g/mol. The van der Waals surface area contributed by atoms with Gasteiger partial charge in [0, 0.05) is 0 Å². The number of nitrogens with two attached hydrogens (primary N) is 1. The van der Waals surface area contributed by atoms with Crippen molar-refractivity contribution in [3.8, 4) is 0 Å². The largest absolute Gasteiger partial charge is 0.330 e. The molecule has 2 N–H and O–H groups in total. The van der Waals surface area contributed by atoms with Gasteiger partial charge >= 0.3 is 0 Å². The van der Waals surface area contributed by atoms with Crippen molar-refractivity contribution in [2.45, 2.75) is 26.0 Å². The zero-order valence-corrected chi connectivity index (χ0v) is 8.19. The summed E-state index contributed by atoms with van der Waals surface area (Å²) < 4.78 is 22.5. The van der Waals surface area contributed by atoms with Crippen molar-refractivity contribution in [2.75, 3.05) is 12.3 Å². The third-order valence-electron chi connectivity index (χ3n) is 1.64. The molecule has 68 valence electrons. The second kappa shape index (κ2) is 4.07. The SMILES string of the molecule is CC(CN)CS(=O)(=O)C(C)C. The highest BCUT2D eigenvalue weighted by molar-refractivity contribution is 7.91. The van der Waals surface area contributed by atoms with Gasteiger partial charge in [-0.15, -0.1) is 0 Å². The van der Waals surface area contributed by atoms with E-state index in [1.807, 2.05) is 6.92 Å². The predicted octanol–water partition coefficient (Wildman–Crippen LogP) is 0.404. The third-order valence-corrected chi connectivity index (χ3v) is 4.11. The van der Waals surface area contributed by atoms with Crippen molar-refractivity contribution in [2.24, 2.45) is 11.7 Å². The number of sulfone groups is 1. The van der Waals surface area contributed by atoms with Gasteiger partial charge in [0.1, 0.15) is 0 Å². The number of rotatable bonds is 4. The fraction of sp³-hybridized carbons (Fsp3) is 1.00. The summed E-state index contributed by atoms with van der Waals surface area (Å²) in [6.07, 6.45) is 0. The minimum atomic E-state index is -2.89. The van der Waals surface area contributed by atoms with Crippen molar-refractivity contribution in [1.82, 2.24) is 0 Å². The average Bonchev–Trinajstić information content (AvgIpc) is 1.86. The van der Waals surface area contributed by atoms with E-state index in [0.717, 1.165) is 0 Å². The second-order valence-electron chi connectivity index (χ2n) is 3.22. The van der Waals surface area contributed by atoms with Crippen molar-refractivity contribution < 1.29 is 8.42 Å². The summed E-state index contributed by atoms with van der Waals surface area (Å²) in [5.74, 6) is 0.281. The highest BCUT2D eigenvalue weighted by Gasteiger charge is 2.18. The lowest BCUT2D eigenvalue weighted by atomic mass is 10.2. The van der Waals surface area contributed by atoms with Gasteiger partial charge in [-0.3, -0.25) is 0 Å². The summed E-state index contributed by atoms with van der Waals surface area (Å²) in [5, 5.41) is -0.281. The Bertz CT molecular complexity index is 196. The fourth-order valence-electron chi connectivity index (χ4n) is 0.657. The van der Waals surface area contributed by atoms with Crippen LogP contribution in [0.4, 0.5) is 0 Å². The molecule has 0 spiro atoms. The molecule has 0 aliphatic rings. The molecular formula is C7H17NO2S. The summed E-state index contributed by atoms with van der Waals surface area (Å²) in [7, 11) is -2.89. The van der Waals surface area contributed by atoms with Crippen molar-refractivity contribution >= 4 is 9.84 Å². The molecule has 11 heavy (non-hydrogen) atoms. The first-order valence-corrected chi connectivity index (χ1v) is 5.53. The lowest BCUT2D eigenvalue weighted by molar-refractivity contribution is 0.566. The molecule has 0 aromatic heterocycles. The number of hydrogen-bond acceptors (Lipinski definition) is 3. The van der Waals surface area contributed by atoms with Crippen LogP contribution in [0.1, 0.15) is 20.8 Å². The molecule has 0 bridgehead atoms. The van der Waals surface area contributed by atoms with Gasteiger partial charge in [0.2, 0.25) is 0 Å². The molecule has 0 aliphatic heterocycles. The monoisotopic (exact) mass is 179 g/mol. The molecule has 0 rings (SSSR count). The van der Waals surface area contributed by atoms with Gasteiger partial charge < -0.3 is 5.73 Å². The fourth-order valence-corrected chi connectivity index (χ4v) is 1.97. The average molecular weight is 179 g/mol. The van der Waals surface area contributed by atoms with Gasteiger partial charge in [-0.1, -0.05) is 6.92 Å². The zero-order chi connectivity index (χ0) is 9.07. The molecule has 0 aliphatic carbocycles. The van der Waals surface area contributed by atoms with E-state index >= 15 is 0 Å². The highest BCUT2D eigenvalue weighted by Crippen LogP contribution is 2.05. The molecule has 4 heteroatoms. The molecule has 0 fully saturated rings. The van der Waals surface area contributed by atoms with Crippen LogP contribution in [0.25, 0.3) is 0 Å². The minimum absolute atomic E-state index is 0.0717. The van der Waals surface area contributed by atoms with E-state index in [-0.39, 0.29) is 16.9 Å². The maximum Gasteiger partial charge on any atom is 0.152 e. The first kappa shape index (κ1) is 10.9. The lowest BCUT2D eigenvalue weighted by Gasteiger charge is -2.11. The van der Waals surface area contributed by atoms with E-state index in [9.17, 15) is 8.42 Å². The van der Waals surface area contributed by atoms with Crippen LogP contribution in [0, 0.1) is 5.92 Å². The standard InChI is InChI=1S/C7H17NO2S/c1-6(2)11(9,10)5-7(3)4-8/h6-7H,4-5,8H2,1-3H3. The molecule has 0 aromatic carbocycles. The van der Waals surface area contributed by atoms with E-state index in [2.05, 4.69) is 0 Å². The summed E-state index contributed by atoms with van der Waals surface area (Å²) in [6.45, 7) is 5.67. The Hall–Kier alpha value is -0.0900. The van der Waals surface area contributed by atoms with Gasteiger partial charge in [0.05, 0.1) is 11.0 Å². The van der Waals surface area contributed by atoms with Crippen LogP contribution in [0.15, 0.2) is 0 Å². The quantitative estimate of drug-likeness (QED) is 0.679. The van der Waals surface area contributed by atoms with E-state index < -0.39 is 9.84 Å². The predicted molar refractivity (Wildman–Crippen MR) is 47.1 cm³/mol. The van der Waals surface area contributed by atoms with Gasteiger partial charge in [0.25, 0.3) is 0 Å². The van der Waals surface area contributed by atoms with Crippen LogP contribution in [0.5, 0.6) is 0 Å². The van der Waals surface area contributed by atoms with Crippen molar-refractivity contribution in [3.63, 3.8) is 0 Å². The maximum absolute atomic E-state index is 11.2. The van der Waals surface area contributed by atoms with Crippen molar-refractivity contribution in [1.29, 1.82) is 0 Å². The normalized spacial score (nSPS) is 15.4. The topological polar surface area (TPSA) is 60.2 Å². The summed E-state index contributed by atoms with van der Waals surface area (Å²) in [5.41, 5.74) is 5.31. The minimum Gasteiger partial charge on any atom is -0.330 e. The van der Waals surface area contributed by atoms with Crippen LogP contribution in [-0.4, -0.2) is 26.0 Å². The summed E-state index contributed by atoms with van der Waals surface area (Å²) in [4.78, 5) is 0. The molecule has 0 saturated heterocycles. The van der Waals surface area contributed by atoms with Crippen LogP contribution in [0.3, 0.4) is 0 Å². The Kier molecular flexibility index (Phi) is 4.03. The third kappa shape index (κ3) is 3.72.